The van der Waals surface area contributed by atoms with Gasteiger partial charge in [-0.2, -0.15) is 0 Å². The van der Waals surface area contributed by atoms with Crippen LogP contribution < -0.4 is 0 Å². The summed E-state index contributed by atoms with van der Waals surface area (Å²) in [4.78, 5) is 5.92. The Kier molecular flexibility index (Phi) is 4.81. The number of hydrogen-bond donors (Lipinski definition) is 0. The Labute approximate surface area is 157 Å². The van der Waals surface area contributed by atoms with E-state index in [1.54, 1.807) is 8.04 Å². The van der Waals surface area contributed by atoms with Crippen LogP contribution in [-0.2, 0) is 0 Å². The van der Waals surface area contributed by atoms with E-state index in [0.29, 0.717) is 0 Å². The fourth-order valence-corrected chi connectivity index (χ4v) is 11.4. The first-order chi connectivity index (χ1) is 11.7. The normalized spacial score (nSPS) is 18.2. The van der Waals surface area contributed by atoms with Crippen LogP contribution >= 0.6 is 44.9 Å². The summed E-state index contributed by atoms with van der Waals surface area (Å²) in [6.07, 6.45) is 0. The van der Waals surface area contributed by atoms with Gasteiger partial charge >= 0.3 is 0 Å². The topological polar surface area (TPSA) is 0 Å². The van der Waals surface area contributed by atoms with Crippen molar-refractivity contribution in [3.05, 3.63) is 79.1 Å². The van der Waals surface area contributed by atoms with Crippen LogP contribution in [0.2, 0.25) is 0 Å². The van der Waals surface area contributed by atoms with Crippen molar-refractivity contribution >= 4 is 49.8 Å². The highest BCUT2D eigenvalue weighted by atomic mass is 32.2. The molecule has 1 aliphatic rings. The molecule has 1 unspecified atom stereocenters. The van der Waals surface area contributed by atoms with E-state index in [9.17, 15) is 0 Å². The standard InChI is InChI=1S/C20H18S4/c1-14-18(16-9-5-3-6-10-16)23-20(22-14)24-13-21-15(2)19(24)17-11-7-4-8-12-17/h3-12H,13H2,1-2H3. The number of thioether (sulfide) groups is 1. The molecule has 4 rings (SSSR count). The number of aryl methyl sites for hydroxylation is 1. The van der Waals surface area contributed by atoms with Crippen LogP contribution in [0.15, 0.2) is 65.6 Å². The van der Waals surface area contributed by atoms with Crippen molar-refractivity contribution in [1.29, 1.82) is 0 Å². The van der Waals surface area contributed by atoms with Crippen molar-refractivity contribution in [1.82, 2.24) is 0 Å². The van der Waals surface area contributed by atoms with Crippen molar-refractivity contribution in [3.8, 4) is 10.4 Å². The van der Waals surface area contributed by atoms with E-state index in [2.05, 4.69) is 74.5 Å². The summed E-state index contributed by atoms with van der Waals surface area (Å²) >= 11 is 6.00. The third-order valence-electron chi connectivity index (χ3n) is 3.97. The number of rotatable bonds is 2. The van der Waals surface area contributed by atoms with Gasteiger partial charge in [-0.15, -0.1) is 44.9 Å². The zero-order chi connectivity index (χ0) is 16.5. The second-order valence-electron chi connectivity index (χ2n) is 5.61. The van der Waals surface area contributed by atoms with Crippen LogP contribution in [0.5, 0.6) is 0 Å². The Balaban J connectivity index is 1.89. The zero-order valence-electron chi connectivity index (χ0n) is 13.6. The Morgan fingerprint density at radius 1 is 0.792 bits per heavy atom. The molecule has 1 aliphatic heterocycles. The average molecular weight is 387 g/mol. The molecule has 24 heavy (non-hydrogen) atoms. The average Bonchev–Trinajstić information content (AvgIpc) is 3.19. The van der Waals surface area contributed by atoms with Gasteiger partial charge in [-0.1, -0.05) is 60.7 Å². The van der Waals surface area contributed by atoms with Gasteiger partial charge < -0.3 is 0 Å². The predicted octanol–water partition coefficient (Wildman–Crippen LogP) is 7.68. The molecule has 0 bridgehead atoms. The lowest BCUT2D eigenvalue weighted by Gasteiger charge is -2.06. The maximum Gasteiger partial charge on any atom is 0.110 e. The molecule has 2 aromatic carbocycles. The van der Waals surface area contributed by atoms with Crippen LogP contribution in [0.4, 0.5) is 0 Å². The molecular formula is C20H18S4. The number of allylic oxidation sites excluding steroid dienone is 1. The summed E-state index contributed by atoms with van der Waals surface area (Å²) in [5.74, 6) is 0. The van der Waals surface area contributed by atoms with Crippen LogP contribution in [0.25, 0.3) is 15.3 Å². The molecule has 0 nitrogen and oxygen atoms in total. The Morgan fingerprint density at radius 2 is 1.42 bits per heavy atom. The van der Waals surface area contributed by atoms with Crippen LogP contribution in [0.3, 0.4) is 0 Å². The van der Waals surface area contributed by atoms with E-state index in [1.807, 2.05) is 34.4 Å². The van der Waals surface area contributed by atoms with Gasteiger partial charge in [-0.25, -0.2) is 0 Å². The van der Waals surface area contributed by atoms with E-state index >= 15 is 0 Å². The largest absolute Gasteiger partial charge is 0.122 e. The van der Waals surface area contributed by atoms with Crippen molar-refractivity contribution in [2.75, 3.05) is 5.08 Å². The van der Waals surface area contributed by atoms with Gasteiger partial charge in [0.1, 0.15) is 3.14 Å². The molecule has 0 radical (unpaired) electrons. The maximum atomic E-state index is 2.28. The van der Waals surface area contributed by atoms with Crippen LogP contribution in [0.1, 0.15) is 17.4 Å². The first-order valence-corrected chi connectivity index (χ1v) is 11.8. The van der Waals surface area contributed by atoms with Gasteiger partial charge in [0.2, 0.25) is 0 Å². The molecular weight excluding hydrogens is 368 g/mol. The lowest BCUT2D eigenvalue weighted by molar-refractivity contribution is 1.62. The van der Waals surface area contributed by atoms with Gasteiger partial charge in [0.15, 0.2) is 0 Å². The maximum absolute atomic E-state index is 2.28. The molecule has 0 saturated heterocycles. The van der Waals surface area contributed by atoms with E-state index in [0.717, 1.165) is 0 Å². The highest BCUT2D eigenvalue weighted by molar-refractivity contribution is 8.32. The fourth-order valence-electron chi connectivity index (χ4n) is 2.81. The van der Waals surface area contributed by atoms with Gasteiger partial charge in [-0.05, 0) is 29.9 Å². The van der Waals surface area contributed by atoms with E-state index in [-0.39, 0.29) is 10.5 Å². The second kappa shape index (κ2) is 7.04. The van der Waals surface area contributed by atoms with Crippen molar-refractivity contribution in [2.24, 2.45) is 0 Å². The molecule has 0 amide bonds. The minimum Gasteiger partial charge on any atom is -0.122 e. The van der Waals surface area contributed by atoms with Gasteiger partial charge in [0, 0.05) is 19.7 Å². The van der Waals surface area contributed by atoms with E-state index < -0.39 is 0 Å². The summed E-state index contributed by atoms with van der Waals surface area (Å²) in [5.41, 5.74) is 2.74. The summed E-state index contributed by atoms with van der Waals surface area (Å²) in [6.45, 7) is 4.54. The molecule has 3 aromatic rings. The third kappa shape index (κ3) is 3.08. The summed E-state index contributed by atoms with van der Waals surface area (Å²) in [6, 6.07) is 21.7. The van der Waals surface area contributed by atoms with Crippen molar-refractivity contribution in [3.63, 3.8) is 0 Å². The van der Waals surface area contributed by atoms with E-state index in [4.69, 9.17) is 0 Å². The SMILES string of the molecule is CC1=C(c2ccccc2)/S(=c2\sc(C)c(-c3ccccc3)s2)CS1. The minimum absolute atomic E-state index is 0.207. The zero-order valence-corrected chi connectivity index (χ0v) is 16.9. The van der Waals surface area contributed by atoms with Gasteiger partial charge in [-0.3, -0.25) is 0 Å². The monoisotopic (exact) mass is 386 g/mol. The second-order valence-corrected chi connectivity index (χ2v) is 12.1. The third-order valence-corrected chi connectivity index (χ3v) is 11.5. The van der Waals surface area contributed by atoms with Crippen molar-refractivity contribution in [2.45, 2.75) is 13.8 Å². The fraction of sp³-hybridized carbons (Fsp3) is 0.150. The predicted molar refractivity (Wildman–Crippen MR) is 115 cm³/mol. The minimum atomic E-state index is 0.207. The molecule has 4 heteroatoms. The number of hydrogen-bond acceptors (Lipinski definition) is 3. The molecule has 2 heterocycles. The highest BCUT2D eigenvalue weighted by Crippen LogP contribution is 2.53. The molecule has 0 spiro atoms. The molecule has 122 valence electrons. The summed E-state index contributed by atoms with van der Waals surface area (Å²) < 4.78 is 1.56. The van der Waals surface area contributed by atoms with Crippen LogP contribution in [-0.4, -0.2) is 5.08 Å². The first-order valence-electron chi connectivity index (χ1n) is 7.83. The summed E-state index contributed by atoms with van der Waals surface area (Å²) in [5, 5.41) is 1.20. The van der Waals surface area contributed by atoms with Crippen LogP contribution in [0, 0.1) is 10.1 Å². The molecule has 0 N–H and O–H groups in total. The van der Waals surface area contributed by atoms with Gasteiger partial charge in [0.05, 0.1) is 0 Å². The smallest absolute Gasteiger partial charge is 0.110 e. The first kappa shape index (κ1) is 16.4. The lowest BCUT2D eigenvalue weighted by Crippen LogP contribution is -1.79. The lowest BCUT2D eigenvalue weighted by atomic mass is 10.2. The number of benzene rings is 2. The Morgan fingerprint density at radius 3 is 2.08 bits per heavy atom. The quantitative estimate of drug-likeness (QED) is 0.407. The highest BCUT2D eigenvalue weighted by Gasteiger charge is 2.20. The molecule has 0 saturated carbocycles. The molecule has 0 fully saturated rings. The summed E-state index contributed by atoms with van der Waals surface area (Å²) in [7, 11) is 0.207. The Bertz CT molecular complexity index is 960. The van der Waals surface area contributed by atoms with Gasteiger partial charge in [0.25, 0.3) is 0 Å². The van der Waals surface area contributed by atoms with E-state index in [1.165, 1.54) is 30.9 Å². The molecule has 1 aromatic heterocycles. The molecule has 1 atom stereocenters. The Hall–Kier alpha value is -1.07. The van der Waals surface area contributed by atoms with Crippen molar-refractivity contribution < 1.29 is 0 Å². The molecule has 0 aliphatic carbocycles.